The molecular weight excluding hydrogens is 263 g/mol. The lowest BCUT2D eigenvalue weighted by atomic mass is 10.0. The van der Waals surface area contributed by atoms with Gasteiger partial charge in [0, 0.05) is 18.2 Å². The average molecular weight is 292 g/mol. The van der Waals surface area contributed by atoms with Gasteiger partial charge in [0.15, 0.2) is 0 Å². The first-order chi connectivity index (χ1) is 10.2. The molecule has 1 heterocycles. The zero-order valence-corrected chi connectivity index (χ0v) is 13.4. The highest BCUT2D eigenvalue weighted by Gasteiger charge is 2.22. The average Bonchev–Trinajstić information content (AvgIpc) is 2.96. The predicted molar refractivity (Wildman–Crippen MR) is 86.9 cm³/mol. The maximum atomic E-state index is 14.0. The van der Waals surface area contributed by atoms with E-state index in [1.807, 2.05) is 12.1 Å². The normalized spacial score (nSPS) is 20.8. The van der Waals surface area contributed by atoms with E-state index >= 15 is 0 Å². The zero-order valence-electron chi connectivity index (χ0n) is 13.4. The van der Waals surface area contributed by atoms with E-state index in [-0.39, 0.29) is 11.9 Å². The summed E-state index contributed by atoms with van der Waals surface area (Å²) in [6.07, 6.45) is 4.66. The zero-order chi connectivity index (χ0) is 15.1. The van der Waals surface area contributed by atoms with Crippen LogP contribution in [0.15, 0.2) is 24.3 Å². The summed E-state index contributed by atoms with van der Waals surface area (Å²) in [5.74, 6) is 0.777. The van der Waals surface area contributed by atoms with Gasteiger partial charge < -0.3 is 10.2 Å². The minimum Gasteiger partial charge on any atom is -0.310 e. The molecule has 0 radical (unpaired) electrons. The third-order valence-electron chi connectivity index (χ3n) is 4.60. The predicted octanol–water partition coefficient (Wildman–Crippen LogP) is 3.99. The van der Waals surface area contributed by atoms with Crippen LogP contribution in [0.4, 0.5) is 4.39 Å². The van der Waals surface area contributed by atoms with Crippen LogP contribution in [0.3, 0.4) is 0 Å². The summed E-state index contributed by atoms with van der Waals surface area (Å²) in [7, 11) is 0. The van der Waals surface area contributed by atoms with E-state index in [2.05, 4.69) is 24.1 Å². The van der Waals surface area contributed by atoms with Gasteiger partial charge in [0.25, 0.3) is 0 Å². The van der Waals surface area contributed by atoms with E-state index in [4.69, 9.17) is 0 Å². The molecule has 2 rings (SSSR count). The third-order valence-corrected chi connectivity index (χ3v) is 4.60. The summed E-state index contributed by atoms with van der Waals surface area (Å²) in [6, 6.07) is 7.32. The fraction of sp³-hybridized carbons (Fsp3) is 0.667. The summed E-state index contributed by atoms with van der Waals surface area (Å²) in [5.41, 5.74) is 0.817. The minimum atomic E-state index is -0.0843. The number of hydrogen-bond acceptors (Lipinski definition) is 2. The number of hydrogen-bond donors (Lipinski definition) is 1. The highest BCUT2D eigenvalue weighted by atomic mass is 19.1. The van der Waals surface area contributed by atoms with E-state index in [0.717, 1.165) is 37.4 Å². The largest absolute Gasteiger partial charge is 0.310 e. The highest BCUT2D eigenvalue weighted by Crippen LogP contribution is 2.23. The van der Waals surface area contributed by atoms with Crippen LogP contribution in [-0.4, -0.2) is 31.1 Å². The van der Waals surface area contributed by atoms with Crippen LogP contribution in [0, 0.1) is 11.7 Å². The van der Waals surface area contributed by atoms with Crippen molar-refractivity contribution in [3.05, 3.63) is 35.6 Å². The lowest BCUT2D eigenvalue weighted by molar-refractivity contribution is 0.296. The molecule has 1 N–H and O–H groups in total. The fourth-order valence-corrected chi connectivity index (χ4v) is 3.20. The first-order valence-electron chi connectivity index (χ1n) is 8.44. The van der Waals surface area contributed by atoms with Crippen LogP contribution in [0.5, 0.6) is 0 Å². The van der Waals surface area contributed by atoms with Crippen LogP contribution >= 0.6 is 0 Å². The maximum absolute atomic E-state index is 14.0. The monoisotopic (exact) mass is 292 g/mol. The summed E-state index contributed by atoms with van der Waals surface area (Å²) in [5, 5.41) is 3.51. The second-order valence-electron chi connectivity index (χ2n) is 6.18. The van der Waals surface area contributed by atoms with E-state index in [1.165, 1.54) is 25.9 Å². The Labute approximate surface area is 128 Å². The Hall–Kier alpha value is -0.930. The van der Waals surface area contributed by atoms with Gasteiger partial charge in [-0.25, -0.2) is 4.39 Å². The van der Waals surface area contributed by atoms with Crippen molar-refractivity contribution >= 4 is 0 Å². The molecule has 2 nitrogen and oxygen atoms in total. The number of benzene rings is 1. The maximum Gasteiger partial charge on any atom is 0.127 e. The Morgan fingerprint density at radius 1 is 1.33 bits per heavy atom. The summed E-state index contributed by atoms with van der Waals surface area (Å²) in [4.78, 5) is 2.54. The molecule has 118 valence electrons. The SMILES string of the molecule is CCCNC(CCN1CCC(CC)C1)c1ccccc1F. The van der Waals surface area contributed by atoms with E-state index in [1.54, 1.807) is 12.1 Å². The van der Waals surface area contributed by atoms with Crippen molar-refractivity contribution in [2.75, 3.05) is 26.2 Å². The minimum absolute atomic E-state index is 0.0843. The number of halogens is 1. The van der Waals surface area contributed by atoms with Gasteiger partial charge in [0.2, 0.25) is 0 Å². The molecule has 0 amide bonds. The van der Waals surface area contributed by atoms with E-state index in [9.17, 15) is 4.39 Å². The lowest BCUT2D eigenvalue weighted by Crippen LogP contribution is -2.29. The Bertz CT molecular complexity index is 421. The van der Waals surface area contributed by atoms with Crippen LogP contribution in [-0.2, 0) is 0 Å². The number of likely N-dealkylation sites (tertiary alicyclic amines) is 1. The molecule has 3 heteroatoms. The molecular formula is C18H29FN2. The van der Waals surface area contributed by atoms with E-state index in [0.29, 0.717) is 0 Å². The van der Waals surface area contributed by atoms with Crippen molar-refractivity contribution in [1.29, 1.82) is 0 Å². The van der Waals surface area contributed by atoms with Crippen LogP contribution < -0.4 is 5.32 Å². The topological polar surface area (TPSA) is 15.3 Å². The molecule has 1 aromatic carbocycles. The molecule has 1 aromatic rings. The second kappa shape index (κ2) is 8.50. The fourth-order valence-electron chi connectivity index (χ4n) is 3.20. The molecule has 0 spiro atoms. The smallest absolute Gasteiger partial charge is 0.127 e. The van der Waals surface area contributed by atoms with Crippen molar-refractivity contribution < 1.29 is 4.39 Å². The number of nitrogens with zero attached hydrogens (tertiary/aromatic N) is 1. The second-order valence-corrected chi connectivity index (χ2v) is 6.18. The molecule has 0 aromatic heterocycles. The molecule has 0 bridgehead atoms. The summed E-state index contributed by atoms with van der Waals surface area (Å²) < 4.78 is 14.0. The summed E-state index contributed by atoms with van der Waals surface area (Å²) in [6.45, 7) is 8.85. The van der Waals surface area contributed by atoms with Gasteiger partial charge in [0.05, 0.1) is 0 Å². The van der Waals surface area contributed by atoms with Gasteiger partial charge in [-0.05, 0) is 50.9 Å². The Morgan fingerprint density at radius 3 is 2.81 bits per heavy atom. The molecule has 1 fully saturated rings. The molecule has 0 aliphatic carbocycles. The van der Waals surface area contributed by atoms with Crippen LogP contribution in [0.1, 0.15) is 51.1 Å². The highest BCUT2D eigenvalue weighted by molar-refractivity contribution is 5.21. The molecule has 2 unspecified atom stereocenters. The van der Waals surface area contributed by atoms with Gasteiger partial charge in [0.1, 0.15) is 5.82 Å². The van der Waals surface area contributed by atoms with Crippen molar-refractivity contribution in [1.82, 2.24) is 10.2 Å². The first-order valence-corrected chi connectivity index (χ1v) is 8.44. The van der Waals surface area contributed by atoms with Crippen LogP contribution in [0.25, 0.3) is 0 Å². The van der Waals surface area contributed by atoms with Gasteiger partial charge >= 0.3 is 0 Å². The molecule has 1 saturated heterocycles. The quantitative estimate of drug-likeness (QED) is 0.779. The Morgan fingerprint density at radius 2 is 2.14 bits per heavy atom. The van der Waals surface area contributed by atoms with Gasteiger partial charge in [-0.1, -0.05) is 38.5 Å². The van der Waals surface area contributed by atoms with Crippen molar-refractivity contribution in [2.45, 2.75) is 45.6 Å². The van der Waals surface area contributed by atoms with Crippen molar-refractivity contribution in [3.63, 3.8) is 0 Å². The van der Waals surface area contributed by atoms with Gasteiger partial charge in [-0.15, -0.1) is 0 Å². The van der Waals surface area contributed by atoms with Crippen LogP contribution in [0.2, 0.25) is 0 Å². The molecule has 1 aliphatic heterocycles. The molecule has 0 saturated carbocycles. The Kier molecular flexibility index (Phi) is 6.65. The molecule has 2 atom stereocenters. The first kappa shape index (κ1) is 16.4. The number of nitrogens with one attached hydrogen (secondary N) is 1. The van der Waals surface area contributed by atoms with Crippen molar-refractivity contribution in [3.8, 4) is 0 Å². The standard InChI is InChI=1S/C18H29FN2/c1-3-11-20-18(16-7-5-6-8-17(16)19)10-13-21-12-9-15(4-2)14-21/h5-8,15,18,20H,3-4,9-14H2,1-2H3. The summed E-state index contributed by atoms with van der Waals surface area (Å²) >= 11 is 0. The number of rotatable bonds is 8. The van der Waals surface area contributed by atoms with Gasteiger partial charge in [-0.3, -0.25) is 0 Å². The van der Waals surface area contributed by atoms with Gasteiger partial charge in [-0.2, -0.15) is 0 Å². The van der Waals surface area contributed by atoms with E-state index < -0.39 is 0 Å². The Balaban J connectivity index is 1.92. The molecule has 21 heavy (non-hydrogen) atoms. The third kappa shape index (κ3) is 4.79. The molecule has 1 aliphatic rings. The lowest BCUT2D eigenvalue weighted by Gasteiger charge is -2.23. The van der Waals surface area contributed by atoms with Crippen molar-refractivity contribution in [2.24, 2.45) is 5.92 Å².